The first-order chi connectivity index (χ1) is 8.41. The lowest BCUT2D eigenvalue weighted by atomic mass is 10.2. The molecular weight excluding hydrogens is 240 g/mol. The maximum absolute atomic E-state index is 11.6. The van der Waals surface area contributed by atoms with Gasteiger partial charge < -0.3 is 19.3 Å². The number of carbonyl (C=O) groups excluding carboxylic acids is 1. The van der Waals surface area contributed by atoms with Gasteiger partial charge in [-0.05, 0) is 13.8 Å². The second-order valence-corrected chi connectivity index (χ2v) is 3.94. The number of carboxylic acid groups (broad SMARTS) is 1. The second kappa shape index (κ2) is 6.15. The fourth-order valence-electron chi connectivity index (χ4n) is 1.39. The Labute approximate surface area is 104 Å². The molecule has 1 heterocycles. The zero-order valence-electron chi connectivity index (χ0n) is 10.6. The van der Waals surface area contributed by atoms with E-state index in [1.54, 1.807) is 20.9 Å². The molecule has 0 bridgehead atoms. The van der Waals surface area contributed by atoms with Crippen molar-refractivity contribution in [3.05, 3.63) is 17.0 Å². The van der Waals surface area contributed by atoms with E-state index in [0.717, 1.165) is 11.3 Å². The zero-order chi connectivity index (χ0) is 13.7. The summed E-state index contributed by atoms with van der Waals surface area (Å²) in [5.41, 5.74) is 1.59. The number of aryl methyl sites for hydroxylation is 2. The molecule has 0 atom stereocenters. The number of aliphatic carboxylic acids is 1. The van der Waals surface area contributed by atoms with E-state index in [9.17, 15) is 9.59 Å². The van der Waals surface area contributed by atoms with E-state index in [0.29, 0.717) is 12.3 Å². The highest BCUT2D eigenvalue weighted by atomic mass is 16.5. The number of ether oxygens (including phenoxy) is 1. The van der Waals surface area contributed by atoms with Crippen molar-refractivity contribution in [3.8, 4) is 0 Å². The third kappa shape index (κ3) is 3.85. The van der Waals surface area contributed by atoms with Crippen LogP contribution in [0.4, 0.5) is 0 Å². The number of nitrogens with zero attached hydrogens (tertiary/aromatic N) is 2. The Balaban J connectivity index is 2.47. The summed E-state index contributed by atoms with van der Waals surface area (Å²) in [6.45, 7) is 3.19. The first kappa shape index (κ1) is 14.2. The van der Waals surface area contributed by atoms with Gasteiger partial charge in [-0.3, -0.25) is 4.79 Å². The molecular formula is C11H16N2O5. The van der Waals surface area contributed by atoms with Gasteiger partial charge in [-0.2, -0.15) is 0 Å². The van der Waals surface area contributed by atoms with Crippen LogP contribution in [0.15, 0.2) is 4.52 Å². The predicted octanol–water partition coefficient (Wildman–Crippen LogP) is 0.351. The van der Waals surface area contributed by atoms with Crippen molar-refractivity contribution < 1.29 is 24.0 Å². The normalized spacial score (nSPS) is 10.4. The van der Waals surface area contributed by atoms with E-state index in [4.69, 9.17) is 14.4 Å². The molecule has 0 saturated carbocycles. The van der Waals surface area contributed by atoms with Crippen LogP contribution in [-0.4, -0.2) is 47.3 Å². The minimum atomic E-state index is -1.10. The second-order valence-electron chi connectivity index (χ2n) is 3.94. The Kier molecular flexibility index (Phi) is 4.85. The number of aromatic nitrogens is 1. The van der Waals surface area contributed by atoms with Crippen LogP contribution in [0, 0.1) is 13.8 Å². The number of carbonyl (C=O) groups is 2. The van der Waals surface area contributed by atoms with Gasteiger partial charge >= 0.3 is 5.97 Å². The van der Waals surface area contributed by atoms with Crippen LogP contribution < -0.4 is 0 Å². The maximum Gasteiger partial charge on any atom is 0.329 e. The minimum absolute atomic E-state index is 0.258. The predicted molar refractivity (Wildman–Crippen MR) is 60.9 cm³/mol. The van der Waals surface area contributed by atoms with Gasteiger partial charge in [-0.15, -0.1) is 0 Å². The van der Waals surface area contributed by atoms with E-state index in [-0.39, 0.29) is 12.5 Å². The van der Waals surface area contributed by atoms with Crippen LogP contribution >= 0.6 is 0 Å². The Bertz CT molecular complexity index is 421. The molecule has 1 aromatic rings. The zero-order valence-corrected chi connectivity index (χ0v) is 10.6. The Hall–Kier alpha value is -1.89. The van der Waals surface area contributed by atoms with Gasteiger partial charge in [0.05, 0.1) is 12.2 Å². The highest BCUT2D eigenvalue weighted by Crippen LogP contribution is 2.14. The summed E-state index contributed by atoms with van der Waals surface area (Å²) < 4.78 is 9.72. The monoisotopic (exact) mass is 256 g/mol. The highest BCUT2D eigenvalue weighted by molar-refractivity contribution is 5.77. The molecule has 1 N–H and O–H groups in total. The Morgan fingerprint density at radius 2 is 2.06 bits per heavy atom. The molecule has 0 radical (unpaired) electrons. The quantitative estimate of drug-likeness (QED) is 0.789. The van der Waals surface area contributed by atoms with Gasteiger partial charge in [0.25, 0.3) is 0 Å². The van der Waals surface area contributed by atoms with Crippen molar-refractivity contribution in [2.75, 3.05) is 20.3 Å². The smallest absolute Gasteiger partial charge is 0.329 e. The van der Waals surface area contributed by atoms with Gasteiger partial charge in [0, 0.05) is 12.6 Å². The summed E-state index contributed by atoms with van der Waals surface area (Å²) in [5.74, 6) is -0.731. The SMILES string of the molecule is Cc1noc(C)c1CN(C)C(=O)COCC(=O)O. The molecule has 1 amide bonds. The van der Waals surface area contributed by atoms with E-state index < -0.39 is 12.6 Å². The molecule has 1 aromatic heterocycles. The van der Waals surface area contributed by atoms with Crippen molar-refractivity contribution >= 4 is 11.9 Å². The van der Waals surface area contributed by atoms with Gasteiger partial charge in [-0.1, -0.05) is 5.16 Å². The average Bonchev–Trinajstić information content (AvgIpc) is 2.60. The minimum Gasteiger partial charge on any atom is -0.480 e. The molecule has 7 heteroatoms. The molecule has 0 saturated heterocycles. The van der Waals surface area contributed by atoms with Crippen molar-refractivity contribution in [1.29, 1.82) is 0 Å². The third-order valence-corrected chi connectivity index (χ3v) is 2.45. The number of hydrogen-bond acceptors (Lipinski definition) is 5. The topological polar surface area (TPSA) is 92.9 Å². The van der Waals surface area contributed by atoms with Gasteiger partial charge in [-0.25, -0.2) is 4.79 Å². The van der Waals surface area contributed by atoms with E-state index in [2.05, 4.69) is 5.16 Å². The third-order valence-electron chi connectivity index (χ3n) is 2.45. The van der Waals surface area contributed by atoms with Crippen LogP contribution in [-0.2, 0) is 20.9 Å². The fourth-order valence-corrected chi connectivity index (χ4v) is 1.39. The summed E-state index contributed by atoms with van der Waals surface area (Å²) in [6.07, 6.45) is 0. The molecule has 0 aliphatic carbocycles. The van der Waals surface area contributed by atoms with Crippen LogP contribution in [0.5, 0.6) is 0 Å². The molecule has 7 nitrogen and oxygen atoms in total. The van der Waals surface area contributed by atoms with Crippen molar-refractivity contribution in [1.82, 2.24) is 10.1 Å². The van der Waals surface area contributed by atoms with Crippen LogP contribution in [0.25, 0.3) is 0 Å². The maximum atomic E-state index is 11.6. The Morgan fingerprint density at radius 3 is 2.56 bits per heavy atom. The highest BCUT2D eigenvalue weighted by Gasteiger charge is 2.15. The number of amides is 1. The molecule has 0 aliphatic heterocycles. The van der Waals surface area contributed by atoms with Crippen molar-refractivity contribution in [2.24, 2.45) is 0 Å². The largest absolute Gasteiger partial charge is 0.480 e. The molecule has 18 heavy (non-hydrogen) atoms. The molecule has 0 spiro atoms. The van der Waals surface area contributed by atoms with Crippen LogP contribution in [0.2, 0.25) is 0 Å². The molecule has 100 valence electrons. The number of likely N-dealkylation sites (N-methyl/N-ethyl adjacent to an activating group) is 1. The summed E-state index contributed by atoms with van der Waals surface area (Å²) in [6, 6.07) is 0. The summed E-state index contributed by atoms with van der Waals surface area (Å²) >= 11 is 0. The Morgan fingerprint density at radius 1 is 1.39 bits per heavy atom. The lowest BCUT2D eigenvalue weighted by Crippen LogP contribution is -2.30. The first-order valence-electron chi connectivity index (χ1n) is 5.37. The standard InChI is InChI=1S/C11H16N2O5/c1-7-9(8(2)18-12-7)4-13(3)10(14)5-17-6-11(15)16/h4-6H2,1-3H3,(H,15,16). The molecule has 0 aliphatic rings. The van der Waals surface area contributed by atoms with Gasteiger partial charge in [0.15, 0.2) is 0 Å². The van der Waals surface area contributed by atoms with Gasteiger partial charge in [0.1, 0.15) is 19.0 Å². The molecule has 0 fully saturated rings. The fraction of sp³-hybridized carbons (Fsp3) is 0.545. The molecule has 0 aromatic carbocycles. The van der Waals surface area contributed by atoms with Crippen LogP contribution in [0.1, 0.15) is 17.0 Å². The van der Waals surface area contributed by atoms with Crippen molar-refractivity contribution in [3.63, 3.8) is 0 Å². The summed E-state index contributed by atoms with van der Waals surface area (Å²) in [7, 11) is 1.61. The van der Waals surface area contributed by atoms with Crippen molar-refractivity contribution in [2.45, 2.75) is 20.4 Å². The van der Waals surface area contributed by atoms with E-state index in [1.165, 1.54) is 4.90 Å². The molecule has 1 rings (SSSR count). The van der Waals surface area contributed by atoms with E-state index >= 15 is 0 Å². The van der Waals surface area contributed by atoms with E-state index in [1.807, 2.05) is 0 Å². The summed E-state index contributed by atoms with van der Waals surface area (Å²) in [4.78, 5) is 23.3. The average molecular weight is 256 g/mol. The lowest BCUT2D eigenvalue weighted by molar-refractivity contribution is -0.145. The van der Waals surface area contributed by atoms with Gasteiger partial charge in [0.2, 0.25) is 5.91 Å². The number of hydrogen-bond donors (Lipinski definition) is 1. The number of carboxylic acids is 1. The van der Waals surface area contributed by atoms with Crippen LogP contribution in [0.3, 0.4) is 0 Å². The first-order valence-corrected chi connectivity index (χ1v) is 5.37. The molecule has 0 unspecified atom stereocenters. The lowest BCUT2D eigenvalue weighted by Gasteiger charge is -2.16. The summed E-state index contributed by atoms with van der Waals surface area (Å²) in [5, 5.41) is 12.2. The number of rotatable bonds is 6.